The van der Waals surface area contributed by atoms with Crippen LogP contribution in [0.15, 0.2) is 30.3 Å². The van der Waals surface area contributed by atoms with Crippen molar-refractivity contribution in [3.63, 3.8) is 0 Å². The summed E-state index contributed by atoms with van der Waals surface area (Å²) in [5.41, 5.74) is 0.857. The quantitative estimate of drug-likeness (QED) is 0.898. The van der Waals surface area contributed by atoms with Gasteiger partial charge in [-0.05, 0) is 6.92 Å². The Labute approximate surface area is 99.8 Å². The first-order valence-corrected chi connectivity index (χ1v) is 7.10. The minimum absolute atomic E-state index is 0.367. The molecule has 2 aromatic rings. The first-order valence-electron chi connectivity index (χ1n) is 5.15. The lowest BCUT2D eigenvalue weighted by Crippen LogP contribution is -2.09. The van der Waals surface area contributed by atoms with Crippen molar-refractivity contribution in [3.05, 3.63) is 36.2 Å². The van der Waals surface area contributed by atoms with E-state index in [2.05, 4.69) is 15.2 Å². The van der Waals surface area contributed by atoms with Crippen LogP contribution in [-0.4, -0.2) is 29.9 Å². The molecule has 1 heterocycles. The molecule has 1 unspecified atom stereocenters. The standard InChI is InChI=1S/C11H13N3O2S/c1-8(17(2,15)16)10-12-11(14-13-10)9-6-4-3-5-7-9/h3-8H,1-2H3,(H,12,13,14). The highest BCUT2D eigenvalue weighted by molar-refractivity contribution is 7.90. The molecule has 0 fully saturated rings. The molecule has 0 amide bonds. The molecule has 0 radical (unpaired) electrons. The molecule has 6 heteroatoms. The first-order chi connectivity index (χ1) is 7.98. The Morgan fingerprint density at radius 3 is 2.47 bits per heavy atom. The number of hydrogen-bond acceptors (Lipinski definition) is 4. The van der Waals surface area contributed by atoms with Crippen molar-refractivity contribution < 1.29 is 8.42 Å². The van der Waals surface area contributed by atoms with Crippen molar-refractivity contribution in [1.29, 1.82) is 0 Å². The number of benzene rings is 1. The molecule has 1 atom stereocenters. The number of sulfone groups is 1. The SMILES string of the molecule is CC(c1nc(-c2ccccc2)n[nH]1)S(C)(=O)=O. The topological polar surface area (TPSA) is 75.7 Å². The summed E-state index contributed by atoms with van der Waals surface area (Å²) in [6.07, 6.45) is 1.18. The summed E-state index contributed by atoms with van der Waals surface area (Å²) in [5, 5.41) is 6.02. The number of aromatic amines is 1. The van der Waals surface area contributed by atoms with E-state index in [0.717, 1.165) is 5.56 Å². The van der Waals surface area contributed by atoms with Crippen molar-refractivity contribution in [2.75, 3.05) is 6.26 Å². The number of nitrogens with one attached hydrogen (secondary N) is 1. The van der Waals surface area contributed by atoms with Gasteiger partial charge in [-0.25, -0.2) is 13.4 Å². The van der Waals surface area contributed by atoms with Crippen LogP contribution >= 0.6 is 0 Å². The van der Waals surface area contributed by atoms with Gasteiger partial charge < -0.3 is 0 Å². The van der Waals surface area contributed by atoms with Gasteiger partial charge in [0, 0.05) is 11.8 Å². The van der Waals surface area contributed by atoms with Crippen molar-refractivity contribution in [3.8, 4) is 11.4 Å². The average molecular weight is 251 g/mol. The van der Waals surface area contributed by atoms with Crippen molar-refractivity contribution in [1.82, 2.24) is 15.2 Å². The summed E-state index contributed by atoms with van der Waals surface area (Å²) >= 11 is 0. The van der Waals surface area contributed by atoms with E-state index in [1.54, 1.807) is 6.92 Å². The fraction of sp³-hybridized carbons (Fsp3) is 0.273. The number of aromatic nitrogens is 3. The predicted octanol–water partition coefficient (Wildman–Crippen LogP) is 1.58. The Morgan fingerprint density at radius 2 is 1.88 bits per heavy atom. The lowest BCUT2D eigenvalue weighted by molar-refractivity contribution is 0.589. The van der Waals surface area contributed by atoms with Gasteiger partial charge in [-0.2, -0.15) is 5.10 Å². The molecule has 17 heavy (non-hydrogen) atoms. The fourth-order valence-corrected chi connectivity index (χ4v) is 1.89. The van der Waals surface area contributed by atoms with Crippen LogP contribution in [0.1, 0.15) is 18.0 Å². The van der Waals surface area contributed by atoms with Crippen molar-refractivity contribution >= 4 is 9.84 Å². The van der Waals surface area contributed by atoms with Crippen LogP contribution in [0.25, 0.3) is 11.4 Å². The molecule has 5 nitrogen and oxygen atoms in total. The third-order valence-electron chi connectivity index (χ3n) is 2.56. The van der Waals surface area contributed by atoms with E-state index in [9.17, 15) is 8.42 Å². The smallest absolute Gasteiger partial charge is 0.181 e. The molecule has 1 N–H and O–H groups in total. The van der Waals surface area contributed by atoms with Gasteiger partial charge in [-0.1, -0.05) is 30.3 Å². The molecule has 1 aromatic heterocycles. The normalized spacial score (nSPS) is 13.5. The summed E-state index contributed by atoms with van der Waals surface area (Å²) in [4.78, 5) is 4.20. The highest BCUT2D eigenvalue weighted by atomic mass is 32.2. The summed E-state index contributed by atoms with van der Waals surface area (Å²) < 4.78 is 22.8. The number of rotatable bonds is 3. The van der Waals surface area contributed by atoms with Crippen LogP contribution in [0.2, 0.25) is 0 Å². The van der Waals surface area contributed by atoms with Crippen LogP contribution in [0.3, 0.4) is 0 Å². The largest absolute Gasteiger partial charge is 0.262 e. The molecule has 2 rings (SSSR count). The Bertz CT molecular complexity index is 605. The van der Waals surface area contributed by atoms with Gasteiger partial charge in [0.05, 0.1) is 0 Å². The molecule has 0 saturated carbocycles. The Kier molecular flexibility index (Phi) is 2.97. The molecule has 0 aliphatic carbocycles. The van der Waals surface area contributed by atoms with E-state index in [1.165, 1.54) is 6.26 Å². The molecule has 0 spiro atoms. The number of hydrogen-bond donors (Lipinski definition) is 1. The third kappa shape index (κ3) is 2.52. The summed E-state index contributed by atoms with van der Waals surface area (Å²) in [5.74, 6) is 0.877. The maximum Gasteiger partial charge on any atom is 0.181 e. The maximum atomic E-state index is 11.4. The van der Waals surface area contributed by atoms with E-state index in [1.807, 2.05) is 30.3 Å². The Balaban J connectivity index is 2.35. The Morgan fingerprint density at radius 1 is 1.24 bits per heavy atom. The van der Waals surface area contributed by atoms with Gasteiger partial charge in [0.15, 0.2) is 15.7 Å². The number of nitrogens with zero attached hydrogens (tertiary/aromatic N) is 2. The van der Waals surface area contributed by atoms with Crippen LogP contribution in [0, 0.1) is 0 Å². The summed E-state index contributed by atoms with van der Waals surface area (Å²) in [6, 6.07) is 9.41. The van der Waals surface area contributed by atoms with Gasteiger partial charge in [-0.3, -0.25) is 5.10 Å². The lowest BCUT2D eigenvalue weighted by atomic mass is 10.2. The van der Waals surface area contributed by atoms with Gasteiger partial charge >= 0.3 is 0 Å². The van der Waals surface area contributed by atoms with E-state index in [-0.39, 0.29) is 0 Å². The molecule has 1 aromatic carbocycles. The lowest BCUT2D eigenvalue weighted by Gasteiger charge is -2.03. The van der Waals surface area contributed by atoms with E-state index in [0.29, 0.717) is 11.6 Å². The molecule has 0 aliphatic heterocycles. The highest BCUT2D eigenvalue weighted by Crippen LogP contribution is 2.20. The van der Waals surface area contributed by atoms with Crippen LogP contribution in [0.5, 0.6) is 0 Å². The highest BCUT2D eigenvalue weighted by Gasteiger charge is 2.21. The second kappa shape index (κ2) is 4.29. The zero-order valence-corrected chi connectivity index (χ0v) is 10.4. The first kappa shape index (κ1) is 11.8. The zero-order valence-electron chi connectivity index (χ0n) is 9.58. The third-order valence-corrected chi connectivity index (χ3v) is 4.07. The van der Waals surface area contributed by atoms with Crippen molar-refractivity contribution in [2.24, 2.45) is 0 Å². The molecule has 90 valence electrons. The van der Waals surface area contributed by atoms with Crippen LogP contribution < -0.4 is 0 Å². The molecular weight excluding hydrogens is 238 g/mol. The molecule has 0 aliphatic rings. The van der Waals surface area contributed by atoms with E-state index >= 15 is 0 Å². The predicted molar refractivity (Wildman–Crippen MR) is 65.1 cm³/mol. The van der Waals surface area contributed by atoms with Gasteiger partial charge in [0.2, 0.25) is 0 Å². The van der Waals surface area contributed by atoms with Gasteiger partial charge in [0.25, 0.3) is 0 Å². The van der Waals surface area contributed by atoms with Crippen molar-refractivity contribution in [2.45, 2.75) is 12.2 Å². The van der Waals surface area contributed by atoms with Gasteiger partial charge in [0.1, 0.15) is 11.1 Å². The van der Waals surface area contributed by atoms with Crippen LogP contribution in [-0.2, 0) is 9.84 Å². The molecule has 0 saturated heterocycles. The second-order valence-electron chi connectivity index (χ2n) is 3.88. The zero-order chi connectivity index (χ0) is 12.5. The monoisotopic (exact) mass is 251 g/mol. The minimum Gasteiger partial charge on any atom is -0.262 e. The Hall–Kier alpha value is -1.69. The average Bonchev–Trinajstić information content (AvgIpc) is 2.77. The summed E-state index contributed by atoms with van der Waals surface area (Å²) in [6.45, 7) is 1.59. The second-order valence-corrected chi connectivity index (χ2v) is 6.25. The maximum absolute atomic E-state index is 11.4. The summed E-state index contributed by atoms with van der Waals surface area (Å²) in [7, 11) is -3.16. The van der Waals surface area contributed by atoms with E-state index in [4.69, 9.17) is 0 Å². The minimum atomic E-state index is -3.16. The molecular formula is C11H13N3O2S. The van der Waals surface area contributed by atoms with Crippen LogP contribution in [0.4, 0.5) is 0 Å². The molecule has 0 bridgehead atoms. The number of H-pyrrole nitrogens is 1. The van der Waals surface area contributed by atoms with Gasteiger partial charge in [-0.15, -0.1) is 0 Å². The fourth-order valence-electron chi connectivity index (χ4n) is 1.38. The van der Waals surface area contributed by atoms with E-state index < -0.39 is 15.1 Å².